The van der Waals surface area contributed by atoms with Crippen LogP contribution < -0.4 is 10.1 Å². The summed E-state index contributed by atoms with van der Waals surface area (Å²) in [6.45, 7) is 5.94. The SMILES string of the molecule is CC(C)CNC(=O)[C@H](C)N(Cc1c(Cl)cccc1Cl)C(=O)COc1ccccc1Cl. The Morgan fingerprint density at radius 1 is 0.967 bits per heavy atom. The van der Waals surface area contributed by atoms with Crippen LogP contribution in [0.15, 0.2) is 42.5 Å². The number of rotatable bonds is 9. The topological polar surface area (TPSA) is 58.6 Å². The molecular weight excluding hydrogens is 447 g/mol. The van der Waals surface area contributed by atoms with Crippen molar-refractivity contribution in [2.24, 2.45) is 5.92 Å². The number of carbonyl (C=O) groups is 2. The lowest BCUT2D eigenvalue weighted by Crippen LogP contribution is -2.49. The first-order valence-electron chi connectivity index (χ1n) is 9.58. The minimum atomic E-state index is -0.751. The van der Waals surface area contributed by atoms with E-state index in [1.807, 2.05) is 13.8 Å². The zero-order chi connectivity index (χ0) is 22.3. The van der Waals surface area contributed by atoms with Crippen LogP contribution in [0.4, 0.5) is 0 Å². The van der Waals surface area contributed by atoms with E-state index in [1.165, 1.54) is 4.90 Å². The highest BCUT2D eigenvalue weighted by molar-refractivity contribution is 6.36. The maximum Gasteiger partial charge on any atom is 0.261 e. The summed E-state index contributed by atoms with van der Waals surface area (Å²) in [5.74, 6) is 0.0168. The van der Waals surface area contributed by atoms with Crippen molar-refractivity contribution in [2.45, 2.75) is 33.4 Å². The minimum absolute atomic E-state index is 0.0689. The fourth-order valence-electron chi connectivity index (χ4n) is 2.67. The summed E-state index contributed by atoms with van der Waals surface area (Å²) in [5, 5.41) is 4.09. The van der Waals surface area contributed by atoms with Crippen molar-refractivity contribution in [2.75, 3.05) is 13.2 Å². The normalized spacial score (nSPS) is 11.8. The largest absolute Gasteiger partial charge is 0.482 e. The minimum Gasteiger partial charge on any atom is -0.482 e. The molecule has 0 aliphatic heterocycles. The van der Waals surface area contributed by atoms with Gasteiger partial charge in [0, 0.05) is 28.7 Å². The second kappa shape index (κ2) is 11.4. The van der Waals surface area contributed by atoms with Crippen LogP contribution in [0.3, 0.4) is 0 Å². The fraction of sp³-hybridized carbons (Fsp3) is 0.364. The average molecular weight is 472 g/mol. The Bertz CT molecular complexity index is 869. The standard InChI is InChI=1S/C22H25Cl3N2O3/c1-14(2)11-26-22(29)15(3)27(12-16-17(23)8-6-9-18(16)24)21(28)13-30-20-10-5-4-7-19(20)25/h4-10,14-15H,11-13H2,1-3H3,(H,26,29)/t15-/m0/s1. The molecule has 1 atom stereocenters. The van der Waals surface area contributed by atoms with Crippen molar-refractivity contribution in [1.29, 1.82) is 0 Å². The lowest BCUT2D eigenvalue weighted by Gasteiger charge is -2.29. The average Bonchev–Trinajstić information content (AvgIpc) is 2.70. The van der Waals surface area contributed by atoms with Gasteiger partial charge >= 0.3 is 0 Å². The van der Waals surface area contributed by atoms with E-state index < -0.39 is 11.9 Å². The third-order valence-electron chi connectivity index (χ3n) is 4.43. The van der Waals surface area contributed by atoms with Gasteiger partial charge in [0.25, 0.3) is 5.91 Å². The van der Waals surface area contributed by atoms with E-state index in [2.05, 4.69) is 5.32 Å². The lowest BCUT2D eigenvalue weighted by molar-refractivity contribution is -0.142. The van der Waals surface area contributed by atoms with E-state index in [-0.39, 0.29) is 25.0 Å². The van der Waals surface area contributed by atoms with Crippen LogP contribution in [0.1, 0.15) is 26.3 Å². The van der Waals surface area contributed by atoms with Crippen LogP contribution in [0, 0.1) is 5.92 Å². The number of carbonyl (C=O) groups excluding carboxylic acids is 2. The van der Waals surface area contributed by atoms with Gasteiger partial charge in [0.2, 0.25) is 5.91 Å². The number of nitrogens with zero attached hydrogens (tertiary/aromatic N) is 1. The molecule has 162 valence electrons. The van der Waals surface area contributed by atoms with Crippen molar-refractivity contribution in [3.8, 4) is 5.75 Å². The number of amides is 2. The van der Waals surface area contributed by atoms with Crippen molar-refractivity contribution in [3.05, 3.63) is 63.1 Å². The van der Waals surface area contributed by atoms with Gasteiger partial charge in [-0.3, -0.25) is 9.59 Å². The van der Waals surface area contributed by atoms with E-state index in [0.29, 0.717) is 32.9 Å². The number of halogens is 3. The molecule has 0 saturated carbocycles. The van der Waals surface area contributed by atoms with Gasteiger partial charge in [0.15, 0.2) is 6.61 Å². The van der Waals surface area contributed by atoms with Crippen LogP contribution in [0.5, 0.6) is 5.75 Å². The van der Waals surface area contributed by atoms with Gasteiger partial charge in [-0.05, 0) is 37.1 Å². The number of hydrogen-bond donors (Lipinski definition) is 1. The number of benzene rings is 2. The summed E-state index contributed by atoms with van der Waals surface area (Å²) in [7, 11) is 0. The first-order chi connectivity index (χ1) is 14.2. The first kappa shape index (κ1) is 24.3. The van der Waals surface area contributed by atoms with Gasteiger partial charge in [-0.1, -0.05) is 66.8 Å². The smallest absolute Gasteiger partial charge is 0.261 e. The van der Waals surface area contributed by atoms with E-state index in [1.54, 1.807) is 49.4 Å². The molecule has 0 unspecified atom stereocenters. The predicted molar refractivity (Wildman–Crippen MR) is 121 cm³/mol. The van der Waals surface area contributed by atoms with Gasteiger partial charge < -0.3 is 15.0 Å². The van der Waals surface area contributed by atoms with Gasteiger partial charge in [0.1, 0.15) is 11.8 Å². The molecule has 0 spiro atoms. The highest BCUT2D eigenvalue weighted by Crippen LogP contribution is 2.27. The van der Waals surface area contributed by atoms with Gasteiger partial charge in [-0.2, -0.15) is 0 Å². The zero-order valence-corrected chi connectivity index (χ0v) is 19.4. The molecular formula is C22H25Cl3N2O3. The molecule has 0 aliphatic rings. The Hall–Kier alpha value is -1.95. The summed E-state index contributed by atoms with van der Waals surface area (Å²) in [6, 6.07) is 11.2. The Labute approximate surface area is 192 Å². The Morgan fingerprint density at radius 3 is 2.17 bits per heavy atom. The molecule has 2 rings (SSSR count). The molecule has 0 aromatic heterocycles. The maximum absolute atomic E-state index is 13.0. The van der Waals surface area contributed by atoms with Gasteiger partial charge in [-0.25, -0.2) is 0 Å². The van der Waals surface area contributed by atoms with Crippen LogP contribution in [-0.4, -0.2) is 35.9 Å². The molecule has 0 bridgehead atoms. The Kier molecular flexibility index (Phi) is 9.28. The quantitative estimate of drug-likeness (QED) is 0.546. The van der Waals surface area contributed by atoms with Crippen molar-refractivity contribution < 1.29 is 14.3 Å². The maximum atomic E-state index is 13.0. The van der Waals surface area contributed by atoms with Crippen LogP contribution in [0.2, 0.25) is 15.1 Å². The molecule has 0 saturated heterocycles. The zero-order valence-electron chi connectivity index (χ0n) is 17.1. The van der Waals surface area contributed by atoms with Crippen LogP contribution in [-0.2, 0) is 16.1 Å². The number of hydrogen-bond acceptors (Lipinski definition) is 3. The molecule has 0 fully saturated rings. The highest BCUT2D eigenvalue weighted by atomic mass is 35.5. The van der Waals surface area contributed by atoms with Crippen molar-refractivity contribution in [3.63, 3.8) is 0 Å². The van der Waals surface area contributed by atoms with E-state index >= 15 is 0 Å². The summed E-state index contributed by atoms with van der Waals surface area (Å²) < 4.78 is 5.59. The molecule has 1 N–H and O–H groups in total. The molecule has 5 nitrogen and oxygen atoms in total. The monoisotopic (exact) mass is 470 g/mol. The van der Waals surface area contributed by atoms with E-state index in [0.717, 1.165) is 0 Å². The van der Waals surface area contributed by atoms with Crippen molar-refractivity contribution in [1.82, 2.24) is 10.2 Å². The summed E-state index contributed by atoms with van der Waals surface area (Å²) in [5.41, 5.74) is 0.565. The van der Waals surface area contributed by atoms with Gasteiger partial charge in [0.05, 0.1) is 5.02 Å². The Morgan fingerprint density at radius 2 is 1.57 bits per heavy atom. The highest BCUT2D eigenvalue weighted by Gasteiger charge is 2.28. The number of nitrogens with one attached hydrogen (secondary N) is 1. The second-order valence-corrected chi connectivity index (χ2v) is 8.48. The molecule has 0 radical (unpaired) electrons. The van der Waals surface area contributed by atoms with Crippen molar-refractivity contribution >= 4 is 46.6 Å². The fourth-order valence-corrected chi connectivity index (χ4v) is 3.38. The molecule has 30 heavy (non-hydrogen) atoms. The first-order valence-corrected chi connectivity index (χ1v) is 10.7. The molecule has 8 heteroatoms. The predicted octanol–water partition coefficient (Wildman–Crippen LogP) is 5.22. The lowest BCUT2D eigenvalue weighted by atomic mass is 10.1. The second-order valence-electron chi connectivity index (χ2n) is 7.26. The molecule has 2 aromatic rings. The van der Waals surface area contributed by atoms with E-state index in [9.17, 15) is 9.59 Å². The summed E-state index contributed by atoms with van der Waals surface area (Å²) in [4.78, 5) is 27.1. The van der Waals surface area contributed by atoms with Crippen LogP contribution >= 0.6 is 34.8 Å². The number of para-hydroxylation sites is 1. The third-order valence-corrected chi connectivity index (χ3v) is 5.45. The summed E-state index contributed by atoms with van der Waals surface area (Å²) >= 11 is 18.7. The third kappa shape index (κ3) is 6.79. The molecule has 0 heterocycles. The molecule has 2 amide bonds. The molecule has 0 aliphatic carbocycles. The number of ether oxygens (including phenoxy) is 1. The Balaban J connectivity index is 2.22. The summed E-state index contributed by atoms with van der Waals surface area (Å²) in [6.07, 6.45) is 0. The van der Waals surface area contributed by atoms with Crippen LogP contribution in [0.25, 0.3) is 0 Å². The molecule has 2 aromatic carbocycles. The van der Waals surface area contributed by atoms with E-state index in [4.69, 9.17) is 39.5 Å². The van der Waals surface area contributed by atoms with Gasteiger partial charge in [-0.15, -0.1) is 0 Å².